The van der Waals surface area contributed by atoms with E-state index in [0.29, 0.717) is 0 Å². The highest BCUT2D eigenvalue weighted by atomic mass is 19.4. The zero-order valence-electron chi connectivity index (χ0n) is 8.48. The second-order valence-corrected chi connectivity index (χ2v) is 4.46. The second kappa shape index (κ2) is 2.91. The molecule has 0 bridgehead atoms. The summed E-state index contributed by atoms with van der Waals surface area (Å²) in [7, 11) is 0. The van der Waals surface area contributed by atoms with E-state index in [1.165, 1.54) is 13.8 Å². The van der Waals surface area contributed by atoms with Crippen LogP contribution in [0.15, 0.2) is 0 Å². The highest BCUT2D eigenvalue weighted by Gasteiger charge is 2.77. The maximum atomic E-state index is 12.7. The van der Waals surface area contributed by atoms with Gasteiger partial charge in [0.05, 0.1) is 0 Å². The summed E-state index contributed by atoms with van der Waals surface area (Å²) in [6.45, 7) is 3.02. The van der Waals surface area contributed by atoms with E-state index in [0.717, 1.165) is 0 Å². The van der Waals surface area contributed by atoms with Gasteiger partial charge >= 0.3 is 6.18 Å². The van der Waals surface area contributed by atoms with Crippen LogP contribution in [0.2, 0.25) is 0 Å². The van der Waals surface area contributed by atoms with Crippen molar-refractivity contribution in [2.45, 2.75) is 26.4 Å². The van der Waals surface area contributed by atoms with Crippen LogP contribution in [-0.4, -0.2) is 12.1 Å². The van der Waals surface area contributed by atoms with Crippen molar-refractivity contribution in [3.8, 4) is 12.3 Å². The number of nitrogens with two attached hydrogens (primary N) is 1. The first-order valence-corrected chi connectivity index (χ1v) is 4.44. The normalized spacial score (nSPS) is 30.8. The lowest BCUT2D eigenvalue weighted by atomic mass is 9.83. The second-order valence-electron chi connectivity index (χ2n) is 4.46. The summed E-state index contributed by atoms with van der Waals surface area (Å²) in [6.07, 6.45) is 0.226. The Labute approximate surface area is 86.0 Å². The van der Waals surface area contributed by atoms with E-state index in [9.17, 15) is 18.0 Å². The van der Waals surface area contributed by atoms with Crippen LogP contribution in [0.3, 0.4) is 0 Å². The molecular formula is C10H12F3NO. The molecule has 5 heteroatoms. The Morgan fingerprint density at radius 1 is 1.53 bits per heavy atom. The van der Waals surface area contributed by atoms with Crippen LogP contribution >= 0.6 is 0 Å². The molecule has 1 rings (SSSR count). The van der Waals surface area contributed by atoms with Crippen molar-refractivity contribution in [2.75, 3.05) is 0 Å². The molecule has 0 aliphatic heterocycles. The van der Waals surface area contributed by atoms with Crippen LogP contribution in [0.1, 0.15) is 20.3 Å². The van der Waals surface area contributed by atoms with Gasteiger partial charge < -0.3 is 5.73 Å². The van der Waals surface area contributed by atoms with Crippen molar-refractivity contribution in [3.63, 3.8) is 0 Å². The third-order valence-electron chi connectivity index (χ3n) is 3.15. The molecule has 1 fully saturated rings. The standard InChI is InChI=1S/C10H12F3NO/c1-4-8(2,3)6-5-9(6,7(14)15)10(11,12)13/h1,6H,5H2,2-3H3,(H2,14,15). The molecule has 0 radical (unpaired) electrons. The van der Waals surface area contributed by atoms with Crippen LogP contribution in [0.4, 0.5) is 13.2 Å². The predicted octanol–water partition coefficient (Wildman–Crippen LogP) is 1.70. The molecule has 0 aromatic rings. The van der Waals surface area contributed by atoms with E-state index in [1.807, 2.05) is 0 Å². The van der Waals surface area contributed by atoms with Crippen molar-refractivity contribution < 1.29 is 18.0 Å². The number of halogens is 3. The fraction of sp³-hybridized carbons (Fsp3) is 0.700. The number of terminal acetylenes is 1. The molecule has 84 valence electrons. The van der Waals surface area contributed by atoms with Gasteiger partial charge in [-0.2, -0.15) is 13.2 Å². The molecule has 1 aliphatic carbocycles. The third kappa shape index (κ3) is 1.48. The lowest BCUT2D eigenvalue weighted by Crippen LogP contribution is -2.41. The first kappa shape index (κ1) is 11.9. The van der Waals surface area contributed by atoms with E-state index in [2.05, 4.69) is 5.92 Å². The summed E-state index contributed by atoms with van der Waals surface area (Å²) < 4.78 is 38.1. The van der Waals surface area contributed by atoms with Gasteiger partial charge in [-0.25, -0.2) is 0 Å². The molecule has 0 aromatic heterocycles. The third-order valence-corrected chi connectivity index (χ3v) is 3.15. The average Bonchev–Trinajstić information content (AvgIpc) is 2.78. The molecule has 1 saturated carbocycles. The fourth-order valence-corrected chi connectivity index (χ4v) is 1.96. The van der Waals surface area contributed by atoms with Crippen molar-refractivity contribution in [1.82, 2.24) is 0 Å². The van der Waals surface area contributed by atoms with Crippen molar-refractivity contribution in [2.24, 2.45) is 22.5 Å². The van der Waals surface area contributed by atoms with Crippen LogP contribution in [0.5, 0.6) is 0 Å². The summed E-state index contributed by atoms with van der Waals surface area (Å²) in [6, 6.07) is 0. The Bertz CT molecular complexity index is 340. The summed E-state index contributed by atoms with van der Waals surface area (Å²) in [5.41, 5.74) is 1.45. The molecule has 2 atom stereocenters. The zero-order chi connectivity index (χ0) is 12.1. The maximum Gasteiger partial charge on any atom is 0.403 e. The molecule has 1 aliphatic rings. The summed E-state index contributed by atoms with van der Waals surface area (Å²) in [5, 5.41) is 0. The van der Waals surface area contributed by atoms with E-state index < -0.39 is 28.8 Å². The molecule has 0 heterocycles. The molecule has 2 nitrogen and oxygen atoms in total. The largest absolute Gasteiger partial charge is 0.403 e. The number of carbonyl (C=O) groups excluding carboxylic acids is 1. The molecule has 1 amide bonds. The average molecular weight is 219 g/mol. The number of amides is 1. The molecule has 0 aromatic carbocycles. The quantitative estimate of drug-likeness (QED) is 0.706. The Morgan fingerprint density at radius 2 is 2.00 bits per heavy atom. The number of carbonyl (C=O) groups is 1. The van der Waals surface area contributed by atoms with Gasteiger partial charge in [0.1, 0.15) is 5.41 Å². The first-order valence-electron chi connectivity index (χ1n) is 4.44. The van der Waals surface area contributed by atoms with Crippen LogP contribution in [0, 0.1) is 29.1 Å². The van der Waals surface area contributed by atoms with Gasteiger partial charge in [-0.05, 0) is 26.2 Å². The molecule has 0 saturated heterocycles. The molecule has 15 heavy (non-hydrogen) atoms. The van der Waals surface area contributed by atoms with Gasteiger partial charge in [0, 0.05) is 5.41 Å². The Hall–Kier alpha value is -1.18. The SMILES string of the molecule is C#CC(C)(C)C1CC1(C(N)=O)C(F)(F)F. The molecule has 2 unspecified atom stereocenters. The lowest BCUT2D eigenvalue weighted by molar-refractivity contribution is -0.196. The Balaban J connectivity index is 3.07. The number of alkyl halides is 3. The number of hydrogen-bond donors (Lipinski definition) is 1. The fourth-order valence-electron chi connectivity index (χ4n) is 1.96. The van der Waals surface area contributed by atoms with Crippen molar-refractivity contribution in [1.29, 1.82) is 0 Å². The molecular weight excluding hydrogens is 207 g/mol. The van der Waals surface area contributed by atoms with E-state index in [-0.39, 0.29) is 6.42 Å². The van der Waals surface area contributed by atoms with E-state index in [4.69, 9.17) is 12.2 Å². The van der Waals surface area contributed by atoms with Gasteiger partial charge in [0.2, 0.25) is 5.91 Å². The highest BCUT2D eigenvalue weighted by molar-refractivity contribution is 5.85. The van der Waals surface area contributed by atoms with E-state index in [1.54, 1.807) is 0 Å². The van der Waals surface area contributed by atoms with Gasteiger partial charge in [-0.1, -0.05) is 0 Å². The molecule has 0 spiro atoms. The Morgan fingerprint density at radius 3 is 2.20 bits per heavy atom. The van der Waals surface area contributed by atoms with Crippen molar-refractivity contribution in [3.05, 3.63) is 0 Å². The van der Waals surface area contributed by atoms with Crippen LogP contribution in [-0.2, 0) is 4.79 Å². The van der Waals surface area contributed by atoms with Crippen LogP contribution in [0.25, 0.3) is 0 Å². The van der Waals surface area contributed by atoms with Gasteiger partial charge in [-0.15, -0.1) is 12.3 Å². The van der Waals surface area contributed by atoms with Gasteiger partial charge in [0.25, 0.3) is 0 Å². The molecule has 2 N–H and O–H groups in total. The lowest BCUT2D eigenvalue weighted by Gasteiger charge is -2.24. The predicted molar refractivity (Wildman–Crippen MR) is 48.4 cm³/mol. The summed E-state index contributed by atoms with van der Waals surface area (Å²) in [4.78, 5) is 10.9. The minimum atomic E-state index is -4.61. The number of rotatable bonds is 2. The minimum absolute atomic E-state index is 0.303. The highest BCUT2D eigenvalue weighted by Crippen LogP contribution is 2.67. The van der Waals surface area contributed by atoms with Gasteiger partial charge in [0.15, 0.2) is 0 Å². The van der Waals surface area contributed by atoms with E-state index >= 15 is 0 Å². The monoisotopic (exact) mass is 219 g/mol. The Kier molecular flexibility index (Phi) is 2.31. The van der Waals surface area contributed by atoms with Crippen LogP contribution < -0.4 is 5.73 Å². The smallest absolute Gasteiger partial charge is 0.369 e. The van der Waals surface area contributed by atoms with Crippen molar-refractivity contribution >= 4 is 5.91 Å². The summed E-state index contributed by atoms with van der Waals surface area (Å²) in [5.74, 6) is 0.0372. The minimum Gasteiger partial charge on any atom is -0.369 e. The number of primary amides is 1. The van der Waals surface area contributed by atoms with Gasteiger partial charge in [-0.3, -0.25) is 4.79 Å². The summed E-state index contributed by atoms with van der Waals surface area (Å²) >= 11 is 0. The number of hydrogen-bond acceptors (Lipinski definition) is 1. The maximum absolute atomic E-state index is 12.7. The first-order chi connectivity index (χ1) is 6.59. The topological polar surface area (TPSA) is 43.1 Å². The zero-order valence-corrected chi connectivity index (χ0v) is 8.48.